The first-order valence-electron chi connectivity index (χ1n) is 22.6. The van der Waals surface area contributed by atoms with Gasteiger partial charge in [-0.1, -0.05) is 19.1 Å². The van der Waals surface area contributed by atoms with Gasteiger partial charge in [-0.3, -0.25) is 33.9 Å². The molecule has 0 saturated carbocycles. The molecule has 4 atom stereocenters. The van der Waals surface area contributed by atoms with Crippen LogP contribution in [0.3, 0.4) is 0 Å². The lowest BCUT2D eigenvalue weighted by Crippen LogP contribution is -2.57. The molecular weight excluding hydrogens is 889 g/mol. The van der Waals surface area contributed by atoms with Gasteiger partial charge in [-0.15, -0.1) is 0 Å². The van der Waals surface area contributed by atoms with E-state index in [0.717, 1.165) is 0 Å². The largest absolute Gasteiger partial charge is 0.507 e. The summed E-state index contributed by atoms with van der Waals surface area (Å²) in [6.07, 6.45) is -1.30. The van der Waals surface area contributed by atoms with Crippen LogP contribution in [0.1, 0.15) is 89.3 Å². The number of hydrogen-bond donors (Lipinski definition) is 3. The summed E-state index contributed by atoms with van der Waals surface area (Å²) in [5, 5.41) is 32.9. The van der Waals surface area contributed by atoms with Crippen LogP contribution in [0.4, 0.5) is 9.59 Å². The molecule has 3 amide bonds. The summed E-state index contributed by atoms with van der Waals surface area (Å²) in [4.78, 5) is 82.2. The molecule has 0 aliphatic carbocycles. The van der Waals surface area contributed by atoms with E-state index in [1.165, 1.54) is 46.2 Å². The highest BCUT2D eigenvalue weighted by atomic mass is 16.6. The van der Waals surface area contributed by atoms with E-state index in [1.54, 1.807) is 45.6 Å². The highest BCUT2D eigenvalue weighted by Gasteiger charge is 2.38. The lowest BCUT2D eigenvalue weighted by molar-refractivity contribution is -0.140. The minimum atomic E-state index is -0.911. The number of nitrogens with zero attached hydrogens (tertiary/aromatic N) is 4. The van der Waals surface area contributed by atoms with Crippen molar-refractivity contribution in [1.82, 2.24) is 19.6 Å². The molecule has 4 unspecified atom stereocenters. The number of piperazine rings is 1. The first kappa shape index (κ1) is 50.8. The molecule has 68 heavy (non-hydrogen) atoms. The summed E-state index contributed by atoms with van der Waals surface area (Å²) in [7, 11) is 0. The van der Waals surface area contributed by atoms with Crippen LogP contribution in [0, 0.1) is 0 Å². The number of amides is 3. The van der Waals surface area contributed by atoms with Gasteiger partial charge in [0.2, 0.25) is 5.91 Å². The molecule has 0 radical (unpaired) electrons. The number of phenolic OH excluding ortho intramolecular Hbond substituents is 3. The van der Waals surface area contributed by atoms with E-state index in [0.29, 0.717) is 50.5 Å². The summed E-state index contributed by atoms with van der Waals surface area (Å²) in [6, 6.07) is 8.89. The number of phenols is 3. The number of carbonyl (C=O) groups excluding carboxylic acids is 6. The Balaban J connectivity index is 1.13. The van der Waals surface area contributed by atoms with Crippen LogP contribution in [-0.4, -0.2) is 175 Å². The zero-order chi connectivity index (χ0) is 49.1. The smallest absolute Gasteiger partial charge is 0.410 e. The Kier molecular flexibility index (Phi) is 17.5. The van der Waals surface area contributed by atoms with Gasteiger partial charge in [0.25, 0.3) is 0 Å². The van der Waals surface area contributed by atoms with E-state index in [2.05, 4.69) is 0 Å². The fraction of sp³-hybridized carbons (Fsp3) is 0.500. The van der Waals surface area contributed by atoms with Crippen molar-refractivity contribution in [3.63, 3.8) is 0 Å². The minimum absolute atomic E-state index is 0.0225. The van der Waals surface area contributed by atoms with E-state index >= 15 is 0 Å². The van der Waals surface area contributed by atoms with Gasteiger partial charge >= 0.3 is 12.2 Å². The lowest BCUT2D eigenvalue weighted by Gasteiger charge is -2.41. The van der Waals surface area contributed by atoms with E-state index < -0.39 is 48.3 Å². The Morgan fingerprint density at radius 2 is 1.26 bits per heavy atom. The maximum absolute atomic E-state index is 13.5. The number of aromatic hydroxyl groups is 3. The third-order valence-electron chi connectivity index (χ3n) is 11.8. The lowest BCUT2D eigenvalue weighted by atomic mass is 10.0. The SMILES string of the molecule is CCC(=O)N1CCOCC1COc1ccc(C2CN(C(=O)OC(C)C)C(COc3ccc(CN4CCN(C(=O)OC(C)C)C(COc5cccc(O)c5C=O)C4)c(O)c3C=O)CO2)c(O)c1C=O. The number of hydrogen-bond acceptors (Lipinski definition) is 17. The molecule has 20 nitrogen and oxygen atoms in total. The Morgan fingerprint density at radius 3 is 1.90 bits per heavy atom. The van der Waals surface area contributed by atoms with Crippen LogP contribution in [0.15, 0.2) is 42.5 Å². The van der Waals surface area contributed by atoms with Gasteiger partial charge in [-0.25, -0.2) is 9.59 Å². The standard InChI is InChI=1S/C48H60N4O16/c1-6-44(57)50-16-17-62-24-33(50)26-64-42-13-11-35(46(59)38(42)23-55)43-20-52(48(61)68-30(4)5)34(28-66-43)27-65-41-12-10-31(45(58)37(41)22-54)18-49-14-15-51(47(60)67-29(2)3)32(19-49)25-63-40-9-7-8-39(56)36(40)21-53/h7-13,21-23,29-30,32-34,43,56,58-59H,6,14-20,24-28H2,1-5H3. The first-order chi connectivity index (χ1) is 32.7. The zero-order valence-electron chi connectivity index (χ0n) is 38.9. The Morgan fingerprint density at radius 1 is 0.676 bits per heavy atom. The van der Waals surface area contributed by atoms with Crippen LogP contribution in [-0.2, 0) is 30.3 Å². The van der Waals surface area contributed by atoms with Gasteiger partial charge in [0, 0.05) is 50.3 Å². The maximum Gasteiger partial charge on any atom is 0.410 e. The Bertz CT molecular complexity index is 2290. The molecule has 6 rings (SSSR count). The number of morpholine rings is 2. The highest BCUT2D eigenvalue weighted by molar-refractivity contribution is 5.85. The molecular formula is C48H60N4O16. The second kappa shape index (κ2) is 23.4. The molecule has 0 bridgehead atoms. The maximum atomic E-state index is 13.5. The average Bonchev–Trinajstić information content (AvgIpc) is 3.32. The molecule has 3 aromatic carbocycles. The molecule has 0 aromatic heterocycles. The predicted molar refractivity (Wildman–Crippen MR) is 242 cm³/mol. The first-order valence-corrected chi connectivity index (χ1v) is 22.6. The van der Waals surface area contributed by atoms with Gasteiger partial charge in [0.05, 0.1) is 73.4 Å². The molecule has 20 heteroatoms. The molecule has 3 aromatic rings. The van der Waals surface area contributed by atoms with Gasteiger partial charge < -0.3 is 53.4 Å². The molecule has 0 spiro atoms. The average molecular weight is 949 g/mol. The van der Waals surface area contributed by atoms with E-state index in [1.807, 2.05) is 4.90 Å². The van der Waals surface area contributed by atoms with Crippen molar-refractivity contribution in [2.24, 2.45) is 0 Å². The van der Waals surface area contributed by atoms with Crippen molar-refractivity contribution in [2.45, 2.75) is 84.0 Å². The van der Waals surface area contributed by atoms with Crippen LogP contribution < -0.4 is 14.2 Å². The van der Waals surface area contributed by atoms with Crippen LogP contribution >= 0.6 is 0 Å². The fourth-order valence-corrected chi connectivity index (χ4v) is 8.24. The summed E-state index contributed by atoms with van der Waals surface area (Å²) in [6.45, 7) is 10.3. The highest BCUT2D eigenvalue weighted by Crippen LogP contribution is 2.38. The second-order valence-corrected chi connectivity index (χ2v) is 17.1. The van der Waals surface area contributed by atoms with E-state index in [4.69, 9.17) is 33.2 Å². The molecule has 368 valence electrons. The minimum Gasteiger partial charge on any atom is -0.507 e. The van der Waals surface area contributed by atoms with Crippen molar-refractivity contribution in [1.29, 1.82) is 0 Å². The topological polar surface area (TPSA) is 241 Å². The van der Waals surface area contributed by atoms with Crippen LogP contribution in [0.25, 0.3) is 0 Å². The number of rotatable bonds is 18. The van der Waals surface area contributed by atoms with Gasteiger partial charge in [0.1, 0.15) is 60.4 Å². The predicted octanol–water partition coefficient (Wildman–Crippen LogP) is 4.73. The number of carbonyl (C=O) groups is 6. The second-order valence-electron chi connectivity index (χ2n) is 17.1. The third-order valence-corrected chi connectivity index (χ3v) is 11.8. The van der Waals surface area contributed by atoms with Crippen molar-refractivity contribution in [2.75, 3.05) is 72.4 Å². The molecule has 3 heterocycles. The van der Waals surface area contributed by atoms with Crippen LogP contribution in [0.5, 0.6) is 34.5 Å². The monoisotopic (exact) mass is 948 g/mol. The molecule has 3 fully saturated rings. The van der Waals surface area contributed by atoms with Crippen LogP contribution in [0.2, 0.25) is 0 Å². The quantitative estimate of drug-likeness (QED) is 0.146. The summed E-state index contributed by atoms with van der Waals surface area (Å²) in [5.74, 6) is -0.755. The van der Waals surface area contributed by atoms with E-state index in [-0.39, 0.29) is 122 Å². The number of benzene rings is 3. The van der Waals surface area contributed by atoms with Gasteiger partial charge in [-0.05, 0) is 58.0 Å². The molecule has 3 aliphatic rings. The number of ether oxygens (including phenoxy) is 7. The Hall–Kier alpha value is -6.64. The van der Waals surface area contributed by atoms with Crippen molar-refractivity contribution >= 4 is 37.0 Å². The molecule has 3 saturated heterocycles. The van der Waals surface area contributed by atoms with Crippen molar-refractivity contribution < 1.29 is 77.2 Å². The van der Waals surface area contributed by atoms with Crippen molar-refractivity contribution in [3.05, 3.63) is 70.3 Å². The van der Waals surface area contributed by atoms with Gasteiger partial charge in [-0.2, -0.15) is 0 Å². The van der Waals surface area contributed by atoms with Crippen molar-refractivity contribution in [3.8, 4) is 34.5 Å². The summed E-state index contributed by atoms with van der Waals surface area (Å²) < 4.78 is 40.8. The Labute approximate surface area is 394 Å². The molecule has 3 aliphatic heterocycles. The van der Waals surface area contributed by atoms with E-state index in [9.17, 15) is 44.1 Å². The summed E-state index contributed by atoms with van der Waals surface area (Å²) >= 11 is 0. The normalized spacial score (nSPS) is 19.9. The number of aldehydes is 3. The molecule has 3 N–H and O–H groups in total. The fourth-order valence-electron chi connectivity index (χ4n) is 8.24. The third kappa shape index (κ3) is 12.1. The van der Waals surface area contributed by atoms with Gasteiger partial charge in [0.15, 0.2) is 18.9 Å². The summed E-state index contributed by atoms with van der Waals surface area (Å²) in [5.41, 5.74) is 0.309. The zero-order valence-corrected chi connectivity index (χ0v) is 38.9.